The van der Waals surface area contributed by atoms with Crippen molar-refractivity contribution in [3.05, 3.63) is 36.5 Å². The van der Waals surface area contributed by atoms with Gasteiger partial charge in [0.2, 0.25) is 0 Å². The van der Waals surface area contributed by atoms with Gasteiger partial charge in [0.1, 0.15) is 0 Å². The fourth-order valence-corrected chi connectivity index (χ4v) is 1.27. The minimum Gasteiger partial charge on any atom is -0.315 e. The quantitative estimate of drug-likeness (QED) is 0.573. The lowest BCUT2D eigenvalue weighted by atomic mass is 10.0. The lowest BCUT2D eigenvalue weighted by Gasteiger charge is -2.03. The first-order valence-electron chi connectivity index (χ1n) is 6.63. The van der Waals surface area contributed by atoms with Crippen LogP contribution in [0.1, 0.15) is 41.5 Å². The summed E-state index contributed by atoms with van der Waals surface area (Å²) in [6.07, 6.45) is 7.04. The molecule has 0 rings (SSSR count). The number of ketones is 1. The monoisotopic (exact) mass is 251 g/mol. The lowest BCUT2D eigenvalue weighted by molar-refractivity contribution is -0.117. The molecule has 0 aliphatic heterocycles. The second-order valence-corrected chi connectivity index (χ2v) is 4.59. The van der Waals surface area contributed by atoms with Crippen molar-refractivity contribution in [1.29, 1.82) is 0 Å². The number of nitrogens with one attached hydrogen (secondary N) is 1. The van der Waals surface area contributed by atoms with Gasteiger partial charge in [0.25, 0.3) is 0 Å². The molecule has 0 atom stereocenters. The average Bonchev–Trinajstić information content (AvgIpc) is 2.28. The molecule has 0 saturated carbocycles. The van der Waals surface area contributed by atoms with Crippen molar-refractivity contribution in [2.75, 3.05) is 6.54 Å². The van der Waals surface area contributed by atoms with Crippen LogP contribution in [0.25, 0.3) is 0 Å². The molecular formula is C16H29NO. The Morgan fingerprint density at radius 3 is 2.06 bits per heavy atom. The minimum absolute atomic E-state index is 0.0485. The van der Waals surface area contributed by atoms with E-state index in [9.17, 15) is 4.79 Å². The van der Waals surface area contributed by atoms with Crippen molar-refractivity contribution in [3.63, 3.8) is 0 Å². The predicted octanol–water partition coefficient (Wildman–Crippen LogP) is 3.90. The fourth-order valence-electron chi connectivity index (χ4n) is 1.27. The van der Waals surface area contributed by atoms with E-state index in [0.29, 0.717) is 6.04 Å². The van der Waals surface area contributed by atoms with Gasteiger partial charge in [-0.25, -0.2) is 0 Å². The van der Waals surface area contributed by atoms with E-state index in [0.717, 1.165) is 12.1 Å². The van der Waals surface area contributed by atoms with Crippen LogP contribution in [0.4, 0.5) is 0 Å². The molecule has 18 heavy (non-hydrogen) atoms. The zero-order chi connectivity index (χ0) is 14.6. The molecule has 0 bridgehead atoms. The number of hydrogen-bond acceptors (Lipinski definition) is 2. The molecule has 0 radical (unpaired) electrons. The van der Waals surface area contributed by atoms with Gasteiger partial charge in [-0.1, -0.05) is 65.5 Å². The Kier molecular flexibility index (Phi) is 13.1. The maximum atomic E-state index is 11.5. The first-order valence-corrected chi connectivity index (χ1v) is 6.63. The van der Waals surface area contributed by atoms with Gasteiger partial charge in [0, 0.05) is 17.5 Å². The highest BCUT2D eigenvalue weighted by Gasteiger charge is 2.09. The summed E-state index contributed by atoms with van der Waals surface area (Å²) in [5.41, 5.74) is 0.725. The van der Waals surface area contributed by atoms with E-state index in [1.54, 1.807) is 12.2 Å². The second-order valence-electron chi connectivity index (χ2n) is 4.59. The maximum Gasteiger partial charge on any atom is 0.165 e. The molecule has 0 saturated heterocycles. The zero-order valence-electron chi connectivity index (χ0n) is 12.8. The molecule has 0 aliphatic carbocycles. The third-order valence-electron chi connectivity index (χ3n) is 2.06. The second kappa shape index (κ2) is 12.3. The molecule has 0 aromatic heterocycles. The van der Waals surface area contributed by atoms with E-state index in [1.807, 2.05) is 32.9 Å². The molecule has 2 heteroatoms. The van der Waals surface area contributed by atoms with E-state index < -0.39 is 0 Å². The zero-order valence-corrected chi connectivity index (χ0v) is 12.8. The molecule has 0 spiro atoms. The molecule has 0 aromatic rings. The van der Waals surface area contributed by atoms with Gasteiger partial charge >= 0.3 is 0 Å². The molecule has 1 N–H and O–H groups in total. The summed E-state index contributed by atoms with van der Waals surface area (Å²) in [5.74, 6) is 0.209. The lowest BCUT2D eigenvalue weighted by Crippen LogP contribution is -2.21. The number of carbonyl (C=O) groups is 1. The van der Waals surface area contributed by atoms with Crippen molar-refractivity contribution in [1.82, 2.24) is 5.32 Å². The van der Waals surface area contributed by atoms with E-state index in [1.165, 1.54) is 0 Å². The van der Waals surface area contributed by atoms with Gasteiger partial charge in [-0.15, -0.1) is 0 Å². The number of hydrogen-bond donors (Lipinski definition) is 1. The molecule has 0 aliphatic rings. The number of carbonyl (C=O) groups excluding carboxylic acids is 1. The van der Waals surface area contributed by atoms with Gasteiger partial charge in [-0.3, -0.25) is 4.79 Å². The van der Waals surface area contributed by atoms with Crippen LogP contribution in [-0.4, -0.2) is 18.4 Å². The van der Waals surface area contributed by atoms with Crippen LogP contribution in [0.5, 0.6) is 0 Å². The Balaban J connectivity index is 0. The van der Waals surface area contributed by atoms with Crippen molar-refractivity contribution in [2.24, 2.45) is 5.92 Å². The molecular weight excluding hydrogens is 222 g/mol. The van der Waals surface area contributed by atoms with E-state index in [2.05, 4.69) is 32.7 Å². The molecule has 0 unspecified atom stereocenters. The summed E-state index contributed by atoms with van der Waals surface area (Å²) >= 11 is 0. The van der Waals surface area contributed by atoms with Crippen LogP contribution in [0, 0.1) is 5.92 Å². The van der Waals surface area contributed by atoms with Gasteiger partial charge in [0.15, 0.2) is 5.78 Å². The van der Waals surface area contributed by atoms with Gasteiger partial charge in [-0.05, 0) is 13.5 Å². The Labute approximate surface area is 113 Å². The summed E-state index contributed by atoms with van der Waals surface area (Å²) in [4.78, 5) is 11.5. The summed E-state index contributed by atoms with van der Waals surface area (Å²) in [6.45, 7) is 16.7. The SMILES string of the molecule is C=C/C=C(\C=C/C)C(=O)C(C)C.CCNC(C)C. The van der Waals surface area contributed by atoms with Gasteiger partial charge in [-0.2, -0.15) is 0 Å². The van der Waals surface area contributed by atoms with Crippen LogP contribution < -0.4 is 5.32 Å². The van der Waals surface area contributed by atoms with Gasteiger partial charge in [0.05, 0.1) is 0 Å². The number of allylic oxidation sites excluding steroid dienone is 5. The Bertz CT molecular complexity index is 285. The van der Waals surface area contributed by atoms with E-state index in [-0.39, 0.29) is 11.7 Å². The van der Waals surface area contributed by atoms with Crippen LogP contribution in [-0.2, 0) is 4.79 Å². The van der Waals surface area contributed by atoms with Crippen molar-refractivity contribution in [3.8, 4) is 0 Å². The smallest absolute Gasteiger partial charge is 0.165 e. The molecule has 104 valence electrons. The van der Waals surface area contributed by atoms with Crippen LogP contribution >= 0.6 is 0 Å². The molecule has 0 fully saturated rings. The van der Waals surface area contributed by atoms with E-state index in [4.69, 9.17) is 0 Å². The predicted molar refractivity (Wildman–Crippen MR) is 81.8 cm³/mol. The van der Waals surface area contributed by atoms with Crippen LogP contribution in [0.2, 0.25) is 0 Å². The summed E-state index contributed by atoms with van der Waals surface area (Å²) in [5, 5.41) is 3.21. The van der Waals surface area contributed by atoms with E-state index >= 15 is 0 Å². The van der Waals surface area contributed by atoms with Crippen molar-refractivity contribution in [2.45, 2.75) is 47.6 Å². The highest BCUT2D eigenvalue weighted by Crippen LogP contribution is 2.07. The standard InChI is InChI=1S/C11H16O.C5H13N/c1-5-7-10(8-6-2)11(12)9(3)4;1-4-6-5(2)3/h5-9H,1H2,2-4H3;5-6H,4H2,1-3H3/b8-6-,10-7+;. The Morgan fingerprint density at radius 1 is 1.28 bits per heavy atom. The summed E-state index contributed by atoms with van der Waals surface area (Å²) in [6, 6.07) is 0.648. The molecule has 2 nitrogen and oxygen atoms in total. The highest BCUT2D eigenvalue weighted by molar-refractivity contribution is 5.99. The third kappa shape index (κ3) is 11.3. The Morgan fingerprint density at radius 2 is 1.83 bits per heavy atom. The largest absolute Gasteiger partial charge is 0.315 e. The van der Waals surface area contributed by atoms with Crippen molar-refractivity contribution < 1.29 is 4.79 Å². The maximum absolute atomic E-state index is 11.5. The highest BCUT2D eigenvalue weighted by atomic mass is 16.1. The first-order chi connectivity index (χ1) is 8.40. The fraction of sp³-hybridized carbons (Fsp3) is 0.562. The number of rotatable bonds is 6. The molecule has 0 heterocycles. The molecule has 0 amide bonds. The van der Waals surface area contributed by atoms with Crippen molar-refractivity contribution >= 4 is 5.78 Å². The normalized spacial score (nSPS) is 11.7. The third-order valence-corrected chi connectivity index (χ3v) is 2.06. The van der Waals surface area contributed by atoms with Crippen LogP contribution in [0.3, 0.4) is 0 Å². The average molecular weight is 251 g/mol. The Hall–Kier alpha value is -1.15. The van der Waals surface area contributed by atoms with Gasteiger partial charge < -0.3 is 5.32 Å². The summed E-state index contributed by atoms with van der Waals surface area (Å²) in [7, 11) is 0. The van der Waals surface area contributed by atoms with Crippen LogP contribution in [0.15, 0.2) is 36.5 Å². The molecule has 0 aromatic carbocycles. The minimum atomic E-state index is 0.0485. The number of Topliss-reactive ketones (excluding diaryl/α,β-unsaturated/α-hetero) is 1. The summed E-state index contributed by atoms with van der Waals surface area (Å²) < 4.78 is 0. The topological polar surface area (TPSA) is 29.1 Å². The first kappa shape index (κ1) is 19.2.